The maximum atomic E-state index is 5.95. The second kappa shape index (κ2) is 7.75. The Bertz CT molecular complexity index is 579. The molecule has 0 bridgehead atoms. The number of rotatable bonds is 6. The zero-order valence-electron chi connectivity index (χ0n) is 11.6. The van der Waals surface area contributed by atoms with Gasteiger partial charge in [-0.25, -0.2) is 0 Å². The topological polar surface area (TPSA) is 60.2 Å². The standard InChI is InChI=1S/C15H17BrClN3O/c1-10(21-14-4-2-3-12(17)7-14)15(20-18)8-13-6-5-11(16)9-19-13/h2-7,9-10,15,20H,8,18H2,1H3. The first-order valence-corrected chi connectivity index (χ1v) is 7.74. The van der Waals surface area contributed by atoms with Gasteiger partial charge in [0, 0.05) is 27.8 Å². The third-order valence-corrected chi connectivity index (χ3v) is 3.82. The second-order valence-corrected chi connectivity index (χ2v) is 6.08. The molecule has 1 heterocycles. The molecule has 2 aromatic rings. The Balaban J connectivity index is 2.01. The molecule has 6 heteroatoms. The molecule has 0 aliphatic heterocycles. The predicted octanol–water partition coefficient (Wildman–Crippen LogP) is 3.34. The Hall–Kier alpha value is -1.14. The maximum Gasteiger partial charge on any atom is 0.121 e. The summed E-state index contributed by atoms with van der Waals surface area (Å²) in [6.07, 6.45) is 2.32. The molecule has 0 aliphatic carbocycles. The van der Waals surface area contributed by atoms with Crippen LogP contribution in [-0.2, 0) is 6.42 Å². The van der Waals surface area contributed by atoms with Crippen LogP contribution >= 0.6 is 27.5 Å². The number of pyridine rings is 1. The van der Waals surface area contributed by atoms with Crippen molar-refractivity contribution in [2.45, 2.75) is 25.5 Å². The highest BCUT2D eigenvalue weighted by Gasteiger charge is 2.19. The molecular weight excluding hydrogens is 354 g/mol. The van der Waals surface area contributed by atoms with Crippen LogP contribution in [0.3, 0.4) is 0 Å². The normalized spacial score (nSPS) is 13.7. The Morgan fingerprint density at radius 2 is 2.19 bits per heavy atom. The minimum absolute atomic E-state index is 0.0577. The number of nitrogens with two attached hydrogens (primary N) is 1. The number of hydrazine groups is 1. The van der Waals surface area contributed by atoms with Gasteiger partial charge >= 0.3 is 0 Å². The van der Waals surface area contributed by atoms with Crippen molar-refractivity contribution in [3.8, 4) is 5.75 Å². The molecule has 2 unspecified atom stereocenters. The number of hydrogen-bond donors (Lipinski definition) is 2. The van der Waals surface area contributed by atoms with Crippen LogP contribution in [0.25, 0.3) is 0 Å². The van der Waals surface area contributed by atoms with Crippen molar-refractivity contribution in [3.63, 3.8) is 0 Å². The summed E-state index contributed by atoms with van der Waals surface area (Å²) in [5.74, 6) is 6.36. The fourth-order valence-electron chi connectivity index (χ4n) is 1.95. The Morgan fingerprint density at radius 1 is 1.38 bits per heavy atom. The number of hydrogen-bond acceptors (Lipinski definition) is 4. The van der Waals surface area contributed by atoms with Crippen molar-refractivity contribution in [2.24, 2.45) is 5.84 Å². The average Bonchev–Trinajstić information content (AvgIpc) is 2.46. The summed E-state index contributed by atoms with van der Waals surface area (Å²) >= 11 is 9.32. The molecule has 0 fully saturated rings. The monoisotopic (exact) mass is 369 g/mol. The molecule has 1 aromatic carbocycles. The lowest BCUT2D eigenvalue weighted by molar-refractivity contribution is 0.169. The summed E-state index contributed by atoms with van der Waals surface area (Å²) in [6.45, 7) is 1.96. The molecule has 3 N–H and O–H groups in total. The van der Waals surface area contributed by atoms with E-state index in [1.54, 1.807) is 12.3 Å². The third-order valence-electron chi connectivity index (χ3n) is 3.12. The molecule has 4 nitrogen and oxygen atoms in total. The zero-order chi connectivity index (χ0) is 15.2. The van der Waals surface area contributed by atoms with E-state index in [2.05, 4.69) is 26.3 Å². The molecule has 0 spiro atoms. The van der Waals surface area contributed by atoms with E-state index >= 15 is 0 Å². The lowest BCUT2D eigenvalue weighted by atomic mass is 10.1. The van der Waals surface area contributed by atoms with E-state index in [-0.39, 0.29) is 12.1 Å². The number of benzene rings is 1. The molecule has 112 valence electrons. The van der Waals surface area contributed by atoms with Gasteiger partial charge in [0.2, 0.25) is 0 Å². The highest BCUT2D eigenvalue weighted by molar-refractivity contribution is 9.10. The molecule has 1 aromatic heterocycles. The van der Waals surface area contributed by atoms with Crippen molar-refractivity contribution >= 4 is 27.5 Å². The minimum Gasteiger partial charge on any atom is -0.489 e. The average molecular weight is 371 g/mol. The molecule has 0 aliphatic rings. The summed E-state index contributed by atoms with van der Waals surface area (Å²) in [6, 6.07) is 11.2. The summed E-state index contributed by atoms with van der Waals surface area (Å²) in [4.78, 5) is 4.35. The predicted molar refractivity (Wildman–Crippen MR) is 88.3 cm³/mol. The summed E-state index contributed by atoms with van der Waals surface area (Å²) in [5, 5.41) is 0.645. The Labute approximate surface area is 137 Å². The number of nitrogens with zero attached hydrogens (tertiary/aromatic N) is 1. The van der Waals surface area contributed by atoms with Crippen molar-refractivity contribution in [1.29, 1.82) is 0 Å². The molecular formula is C15H17BrClN3O. The highest BCUT2D eigenvalue weighted by Crippen LogP contribution is 2.19. The van der Waals surface area contributed by atoms with Crippen LogP contribution in [0.5, 0.6) is 5.75 Å². The molecule has 21 heavy (non-hydrogen) atoms. The number of ether oxygens (including phenoxy) is 1. The summed E-state index contributed by atoms with van der Waals surface area (Å²) in [5.41, 5.74) is 3.74. The largest absolute Gasteiger partial charge is 0.489 e. The van der Waals surface area contributed by atoms with E-state index in [0.717, 1.165) is 15.9 Å². The molecule has 0 saturated carbocycles. The molecule has 2 rings (SSSR count). The van der Waals surface area contributed by atoms with Crippen LogP contribution in [0.1, 0.15) is 12.6 Å². The fourth-order valence-corrected chi connectivity index (χ4v) is 2.36. The van der Waals surface area contributed by atoms with Crippen molar-refractivity contribution in [2.75, 3.05) is 0 Å². The van der Waals surface area contributed by atoms with Gasteiger partial charge in [-0.3, -0.25) is 16.3 Å². The van der Waals surface area contributed by atoms with Crippen LogP contribution in [0.4, 0.5) is 0 Å². The first kappa shape index (κ1) is 16.2. The third kappa shape index (κ3) is 4.97. The minimum atomic E-state index is -0.126. The SMILES string of the molecule is CC(Oc1cccc(Cl)c1)C(Cc1ccc(Br)cn1)NN. The van der Waals surface area contributed by atoms with Crippen LogP contribution in [0.15, 0.2) is 47.1 Å². The molecule has 0 radical (unpaired) electrons. The smallest absolute Gasteiger partial charge is 0.121 e. The van der Waals surface area contributed by atoms with Crippen molar-refractivity contribution in [1.82, 2.24) is 10.4 Å². The number of nitrogens with one attached hydrogen (secondary N) is 1. The molecule has 0 amide bonds. The Morgan fingerprint density at radius 3 is 2.81 bits per heavy atom. The van der Waals surface area contributed by atoms with E-state index < -0.39 is 0 Å². The van der Waals surface area contributed by atoms with Crippen molar-refractivity contribution < 1.29 is 4.74 Å². The van der Waals surface area contributed by atoms with Gasteiger partial charge in [-0.05, 0) is 53.2 Å². The zero-order valence-corrected chi connectivity index (χ0v) is 13.9. The van der Waals surface area contributed by atoms with E-state index in [9.17, 15) is 0 Å². The van der Waals surface area contributed by atoms with E-state index in [1.807, 2.05) is 37.3 Å². The lowest BCUT2D eigenvalue weighted by Gasteiger charge is -2.24. The van der Waals surface area contributed by atoms with Gasteiger partial charge in [0.05, 0.1) is 6.04 Å². The maximum absolute atomic E-state index is 5.95. The van der Waals surface area contributed by atoms with Gasteiger partial charge in [0.1, 0.15) is 11.9 Å². The quantitative estimate of drug-likeness (QED) is 0.605. The summed E-state index contributed by atoms with van der Waals surface area (Å²) in [7, 11) is 0. The van der Waals surface area contributed by atoms with E-state index in [0.29, 0.717) is 11.4 Å². The van der Waals surface area contributed by atoms with Gasteiger partial charge in [0.25, 0.3) is 0 Å². The van der Waals surface area contributed by atoms with Gasteiger partial charge in [-0.15, -0.1) is 0 Å². The molecule has 2 atom stereocenters. The van der Waals surface area contributed by atoms with Gasteiger partial charge in [0.15, 0.2) is 0 Å². The van der Waals surface area contributed by atoms with Gasteiger partial charge < -0.3 is 4.74 Å². The van der Waals surface area contributed by atoms with Gasteiger partial charge in [-0.1, -0.05) is 17.7 Å². The van der Waals surface area contributed by atoms with Crippen LogP contribution < -0.4 is 16.0 Å². The highest BCUT2D eigenvalue weighted by atomic mass is 79.9. The summed E-state index contributed by atoms with van der Waals surface area (Å²) < 4.78 is 6.83. The van der Waals surface area contributed by atoms with Crippen molar-refractivity contribution in [3.05, 3.63) is 57.8 Å². The fraction of sp³-hybridized carbons (Fsp3) is 0.267. The van der Waals surface area contributed by atoms with Gasteiger partial charge in [-0.2, -0.15) is 0 Å². The first-order valence-electron chi connectivity index (χ1n) is 6.57. The second-order valence-electron chi connectivity index (χ2n) is 4.73. The first-order chi connectivity index (χ1) is 10.1. The van der Waals surface area contributed by atoms with Crippen LogP contribution in [0.2, 0.25) is 5.02 Å². The number of aromatic nitrogens is 1. The Kier molecular flexibility index (Phi) is 5.99. The van der Waals surface area contributed by atoms with E-state index in [4.69, 9.17) is 22.2 Å². The lowest BCUT2D eigenvalue weighted by Crippen LogP contribution is -2.46. The van der Waals surface area contributed by atoms with Crippen LogP contribution in [-0.4, -0.2) is 17.1 Å². The number of halogens is 2. The van der Waals surface area contributed by atoms with E-state index in [1.165, 1.54) is 0 Å². The van der Waals surface area contributed by atoms with Crippen LogP contribution in [0, 0.1) is 0 Å². The molecule has 0 saturated heterocycles.